The van der Waals surface area contributed by atoms with Crippen LogP contribution in [0.1, 0.15) is 24.5 Å². The first kappa shape index (κ1) is 14.4. The van der Waals surface area contributed by atoms with Crippen molar-refractivity contribution in [2.75, 3.05) is 0 Å². The van der Waals surface area contributed by atoms with Crippen LogP contribution < -0.4 is 10.1 Å². The maximum Gasteiger partial charge on any atom is 0.266 e. The minimum absolute atomic E-state index is 0.0674. The van der Waals surface area contributed by atoms with Crippen molar-refractivity contribution in [3.05, 3.63) is 63.7 Å². The van der Waals surface area contributed by atoms with E-state index in [0.29, 0.717) is 11.8 Å². The molecule has 4 heteroatoms. The largest absolute Gasteiger partial charge is 0.476 e. The SMILES string of the molecule is O=C(NC1CC1)[C@H](Oc1ccc(I)cc1)c1ccccc1. The fraction of sp³-hybridized carbons (Fsp3) is 0.235. The summed E-state index contributed by atoms with van der Waals surface area (Å²) in [5.74, 6) is 0.637. The molecule has 0 aromatic heterocycles. The Morgan fingerprint density at radius 3 is 2.38 bits per heavy atom. The van der Waals surface area contributed by atoms with E-state index < -0.39 is 6.10 Å². The molecular formula is C17H16INO2. The van der Waals surface area contributed by atoms with E-state index in [2.05, 4.69) is 27.9 Å². The van der Waals surface area contributed by atoms with E-state index in [1.807, 2.05) is 54.6 Å². The van der Waals surface area contributed by atoms with Crippen molar-refractivity contribution in [1.82, 2.24) is 5.32 Å². The Balaban J connectivity index is 1.80. The summed E-state index contributed by atoms with van der Waals surface area (Å²) in [5.41, 5.74) is 0.870. The van der Waals surface area contributed by atoms with E-state index in [0.717, 1.165) is 22.0 Å². The van der Waals surface area contributed by atoms with Gasteiger partial charge in [0.2, 0.25) is 6.10 Å². The van der Waals surface area contributed by atoms with Gasteiger partial charge in [0.25, 0.3) is 5.91 Å². The molecule has 21 heavy (non-hydrogen) atoms. The summed E-state index contributed by atoms with van der Waals surface area (Å²) < 4.78 is 7.07. The normalized spacial score (nSPS) is 15.3. The quantitative estimate of drug-likeness (QED) is 0.788. The lowest BCUT2D eigenvalue weighted by molar-refractivity contribution is -0.128. The van der Waals surface area contributed by atoms with E-state index in [4.69, 9.17) is 4.74 Å². The molecule has 0 bridgehead atoms. The number of rotatable bonds is 5. The first-order valence-electron chi connectivity index (χ1n) is 7.00. The lowest BCUT2D eigenvalue weighted by atomic mass is 10.1. The van der Waals surface area contributed by atoms with Crippen LogP contribution in [0.3, 0.4) is 0 Å². The Hall–Kier alpha value is -1.56. The number of ether oxygens (including phenoxy) is 1. The van der Waals surface area contributed by atoms with Gasteiger partial charge in [-0.15, -0.1) is 0 Å². The zero-order valence-electron chi connectivity index (χ0n) is 11.5. The fourth-order valence-corrected chi connectivity index (χ4v) is 2.41. The molecule has 1 atom stereocenters. The Kier molecular flexibility index (Phi) is 4.43. The molecule has 2 aromatic rings. The summed E-state index contributed by atoms with van der Waals surface area (Å²) >= 11 is 2.24. The molecule has 0 saturated heterocycles. The van der Waals surface area contributed by atoms with Crippen LogP contribution in [-0.2, 0) is 4.79 Å². The second kappa shape index (κ2) is 6.47. The zero-order chi connectivity index (χ0) is 14.7. The third kappa shape index (κ3) is 3.97. The van der Waals surface area contributed by atoms with Crippen molar-refractivity contribution in [2.24, 2.45) is 0 Å². The smallest absolute Gasteiger partial charge is 0.266 e. The fourth-order valence-electron chi connectivity index (χ4n) is 2.05. The highest BCUT2D eigenvalue weighted by Crippen LogP contribution is 2.25. The van der Waals surface area contributed by atoms with E-state index in [-0.39, 0.29) is 5.91 Å². The Morgan fingerprint density at radius 1 is 1.10 bits per heavy atom. The molecule has 0 aliphatic heterocycles. The van der Waals surface area contributed by atoms with E-state index in [1.165, 1.54) is 0 Å². The zero-order valence-corrected chi connectivity index (χ0v) is 13.6. The highest BCUT2D eigenvalue weighted by atomic mass is 127. The van der Waals surface area contributed by atoms with E-state index in [1.54, 1.807) is 0 Å². The van der Waals surface area contributed by atoms with Crippen LogP contribution in [0.2, 0.25) is 0 Å². The third-order valence-corrected chi connectivity index (χ3v) is 4.05. The first-order chi connectivity index (χ1) is 10.2. The molecule has 1 aliphatic rings. The Morgan fingerprint density at radius 2 is 1.76 bits per heavy atom. The monoisotopic (exact) mass is 393 g/mol. The lowest BCUT2D eigenvalue weighted by Crippen LogP contribution is -2.33. The van der Waals surface area contributed by atoms with Gasteiger partial charge >= 0.3 is 0 Å². The van der Waals surface area contributed by atoms with E-state index >= 15 is 0 Å². The highest BCUT2D eigenvalue weighted by Gasteiger charge is 2.29. The predicted molar refractivity (Wildman–Crippen MR) is 90.1 cm³/mol. The summed E-state index contributed by atoms with van der Waals surface area (Å²) in [5, 5.41) is 3.02. The molecule has 108 valence electrons. The molecule has 0 radical (unpaired) electrons. The second-order valence-corrected chi connectivity index (χ2v) is 6.39. The summed E-state index contributed by atoms with van der Waals surface area (Å²) in [6.45, 7) is 0. The maximum atomic E-state index is 12.4. The number of nitrogens with one attached hydrogen (secondary N) is 1. The van der Waals surface area contributed by atoms with Gasteiger partial charge in [-0.05, 0) is 59.7 Å². The summed E-state index contributed by atoms with van der Waals surface area (Å²) in [7, 11) is 0. The van der Waals surface area contributed by atoms with Gasteiger partial charge in [0, 0.05) is 15.2 Å². The lowest BCUT2D eigenvalue weighted by Gasteiger charge is -2.19. The molecule has 1 amide bonds. The van der Waals surface area contributed by atoms with Crippen LogP contribution in [-0.4, -0.2) is 11.9 Å². The number of hydrogen-bond donors (Lipinski definition) is 1. The van der Waals surface area contributed by atoms with Gasteiger partial charge in [-0.25, -0.2) is 0 Å². The van der Waals surface area contributed by atoms with Crippen LogP contribution in [0.25, 0.3) is 0 Å². The minimum atomic E-state index is -0.605. The predicted octanol–water partition coefficient (Wildman–Crippen LogP) is 3.69. The van der Waals surface area contributed by atoms with Crippen molar-refractivity contribution in [3.63, 3.8) is 0 Å². The van der Waals surface area contributed by atoms with Gasteiger partial charge in [-0.1, -0.05) is 30.3 Å². The number of hydrogen-bond acceptors (Lipinski definition) is 2. The Bertz CT molecular complexity index is 608. The van der Waals surface area contributed by atoms with Crippen LogP contribution in [0.5, 0.6) is 5.75 Å². The number of benzene rings is 2. The van der Waals surface area contributed by atoms with Crippen molar-refractivity contribution >= 4 is 28.5 Å². The number of halogens is 1. The van der Waals surface area contributed by atoms with Gasteiger partial charge in [-0.3, -0.25) is 4.79 Å². The molecule has 2 aromatic carbocycles. The number of amides is 1. The molecule has 1 fully saturated rings. The molecule has 0 spiro atoms. The van der Waals surface area contributed by atoms with Crippen LogP contribution in [0.4, 0.5) is 0 Å². The first-order valence-corrected chi connectivity index (χ1v) is 8.08. The van der Waals surface area contributed by atoms with Gasteiger partial charge in [0.15, 0.2) is 0 Å². The van der Waals surface area contributed by atoms with Crippen molar-refractivity contribution in [1.29, 1.82) is 0 Å². The molecule has 3 nitrogen and oxygen atoms in total. The summed E-state index contributed by atoms with van der Waals surface area (Å²) in [4.78, 5) is 12.4. The molecule has 1 N–H and O–H groups in total. The maximum absolute atomic E-state index is 12.4. The summed E-state index contributed by atoms with van der Waals surface area (Å²) in [6.07, 6.45) is 1.53. The standard InChI is InChI=1S/C17H16INO2/c18-13-6-10-15(11-7-13)21-16(12-4-2-1-3-5-12)17(20)19-14-8-9-14/h1-7,10-11,14,16H,8-9H2,(H,19,20)/t16-/m1/s1. The van der Waals surface area contributed by atoms with Gasteiger partial charge in [0.1, 0.15) is 5.75 Å². The highest BCUT2D eigenvalue weighted by molar-refractivity contribution is 14.1. The summed E-state index contributed by atoms with van der Waals surface area (Å²) in [6, 6.07) is 17.7. The van der Waals surface area contributed by atoms with Crippen LogP contribution >= 0.6 is 22.6 Å². The van der Waals surface area contributed by atoms with Gasteiger partial charge in [-0.2, -0.15) is 0 Å². The average molecular weight is 393 g/mol. The number of carbonyl (C=O) groups is 1. The van der Waals surface area contributed by atoms with Gasteiger partial charge in [0.05, 0.1) is 0 Å². The molecule has 1 aliphatic carbocycles. The topological polar surface area (TPSA) is 38.3 Å². The molecule has 1 saturated carbocycles. The third-order valence-electron chi connectivity index (χ3n) is 3.33. The molecule has 3 rings (SSSR count). The van der Waals surface area contributed by atoms with Gasteiger partial charge < -0.3 is 10.1 Å². The van der Waals surface area contributed by atoms with Crippen molar-refractivity contribution in [2.45, 2.75) is 25.0 Å². The minimum Gasteiger partial charge on any atom is -0.476 e. The van der Waals surface area contributed by atoms with Crippen LogP contribution in [0.15, 0.2) is 54.6 Å². The average Bonchev–Trinajstić information content (AvgIpc) is 3.31. The van der Waals surface area contributed by atoms with Crippen molar-refractivity contribution in [3.8, 4) is 5.75 Å². The Labute approximate surface area is 137 Å². The molecule has 0 heterocycles. The molecular weight excluding hydrogens is 377 g/mol. The molecule has 0 unspecified atom stereocenters. The van der Waals surface area contributed by atoms with Crippen LogP contribution in [0, 0.1) is 3.57 Å². The number of carbonyl (C=O) groups excluding carboxylic acids is 1. The second-order valence-electron chi connectivity index (χ2n) is 5.15. The van der Waals surface area contributed by atoms with E-state index in [9.17, 15) is 4.79 Å². The van der Waals surface area contributed by atoms with Crippen molar-refractivity contribution < 1.29 is 9.53 Å².